The first-order chi connectivity index (χ1) is 9.28. The van der Waals surface area contributed by atoms with Crippen molar-refractivity contribution in [1.29, 1.82) is 0 Å². The summed E-state index contributed by atoms with van der Waals surface area (Å²) in [5.74, 6) is 0.669. The number of hydrogen-bond donors (Lipinski definition) is 0. The Labute approximate surface area is 117 Å². The molecule has 0 fully saturated rings. The molecule has 0 aliphatic carbocycles. The molecule has 3 aromatic rings. The van der Waals surface area contributed by atoms with Crippen LogP contribution in [0.25, 0.3) is 22.3 Å². The predicted octanol–water partition coefficient (Wildman–Crippen LogP) is 4.51. The average Bonchev–Trinajstić information content (AvgIpc) is 2.48. The molecule has 3 rings (SSSR count). The predicted molar refractivity (Wildman–Crippen MR) is 79.4 cm³/mol. The van der Waals surface area contributed by atoms with Gasteiger partial charge in [-0.25, -0.2) is 9.97 Å². The molecular weight excluding hydrogens is 256 g/mol. The molecule has 0 amide bonds. The van der Waals surface area contributed by atoms with Crippen molar-refractivity contribution in [2.45, 2.75) is 13.3 Å². The highest BCUT2D eigenvalue weighted by Gasteiger charge is 2.08. The van der Waals surface area contributed by atoms with Crippen LogP contribution in [-0.4, -0.2) is 9.97 Å². The minimum Gasteiger partial charge on any atom is -0.228 e. The molecule has 3 heteroatoms. The van der Waals surface area contributed by atoms with Gasteiger partial charge >= 0.3 is 0 Å². The molecule has 0 aliphatic heterocycles. The van der Waals surface area contributed by atoms with Gasteiger partial charge in [-0.05, 0) is 24.1 Å². The lowest BCUT2D eigenvalue weighted by Crippen LogP contribution is -1.92. The zero-order valence-electron chi connectivity index (χ0n) is 10.6. The van der Waals surface area contributed by atoms with Gasteiger partial charge in [0.1, 0.15) is 5.15 Å². The monoisotopic (exact) mass is 268 g/mol. The molecule has 94 valence electrons. The second-order valence-corrected chi connectivity index (χ2v) is 4.77. The number of nitrogens with zero attached hydrogens (tertiary/aromatic N) is 2. The summed E-state index contributed by atoms with van der Waals surface area (Å²) < 4.78 is 0. The van der Waals surface area contributed by atoms with Crippen molar-refractivity contribution in [2.24, 2.45) is 0 Å². The molecule has 0 bridgehead atoms. The number of aryl methyl sites for hydroxylation is 1. The Hall–Kier alpha value is -1.93. The van der Waals surface area contributed by atoms with Crippen LogP contribution in [0.1, 0.15) is 12.5 Å². The van der Waals surface area contributed by atoms with E-state index < -0.39 is 0 Å². The van der Waals surface area contributed by atoms with Crippen LogP contribution >= 0.6 is 11.6 Å². The van der Waals surface area contributed by atoms with E-state index in [0.29, 0.717) is 11.0 Å². The summed E-state index contributed by atoms with van der Waals surface area (Å²) in [5, 5.41) is 1.43. The molecule has 2 aromatic carbocycles. The molecule has 0 unspecified atom stereocenters. The van der Waals surface area contributed by atoms with E-state index in [1.807, 2.05) is 36.4 Å². The van der Waals surface area contributed by atoms with Gasteiger partial charge in [-0.15, -0.1) is 0 Å². The fraction of sp³-hybridized carbons (Fsp3) is 0.125. The maximum absolute atomic E-state index is 6.29. The number of aromatic nitrogens is 2. The first-order valence-electron chi connectivity index (χ1n) is 6.29. The number of hydrogen-bond acceptors (Lipinski definition) is 2. The SMILES string of the molecule is CCc1ccc2nc(-c3ccccc3)nc(Cl)c2c1. The van der Waals surface area contributed by atoms with Crippen LogP contribution in [0.3, 0.4) is 0 Å². The van der Waals surface area contributed by atoms with Crippen molar-refractivity contribution in [3.63, 3.8) is 0 Å². The zero-order chi connectivity index (χ0) is 13.2. The molecule has 0 radical (unpaired) electrons. The van der Waals surface area contributed by atoms with E-state index in [-0.39, 0.29) is 0 Å². The van der Waals surface area contributed by atoms with Gasteiger partial charge in [0.25, 0.3) is 0 Å². The van der Waals surface area contributed by atoms with Crippen molar-refractivity contribution in [3.8, 4) is 11.4 Å². The quantitative estimate of drug-likeness (QED) is 0.639. The number of halogens is 1. The number of rotatable bonds is 2. The molecular formula is C16H13ClN2. The van der Waals surface area contributed by atoms with Crippen molar-refractivity contribution >= 4 is 22.5 Å². The maximum atomic E-state index is 6.29. The van der Waals surface area contributed by atoms with Crippen LogP contribution in [0.2, 0.25) is 5.15 Å². The van der Waals surface area contributed by atoms with Crippen LogP contribution in [0.5, 0.6) is 0 Å². The van der Waals surface area contributed by atoms with Gasteiger partial charge in [-0.2, -0.15) is 0 Å². The van der Waals surface area contributed by atoms with Crippen molar-refractivity contribution < 1.29 is 0 Å². The molecule has 0 spiro atoms. The minimum absolute atomic E-state index is 0.513. The lowest BCUT2D eigenvalue weighted by Gasteiger charge is -2.06. The Morgan fingerprint density at radius 2 is 1.79 bits per heavy atom. The highest BCUT2D eigenvalue weighted by Crippen LogP contribution is 2.25. The van der Waals surface area contributed by atoms with Gasteiger partial charge < -0.3 is 0 Å². The third-order valence-electron chi connectivity index (χ3n) is 3.15. The molecule has 0 saturated carbocycles. The van der Waals surface area contributed by atoms with Crippen molar-refractivity contribution in [3.05, 3.63) is 59.2 Å². The molecule has 1 aromatic heterocycles. The first-order valence-corrected chi connectivity index (χ1v) is 6.67. The first kappa shape index (κ1) is 12.1. The summed E-state index contributed by atoms with van der Waals surface area (Å²) in [5.41, 5.74) is 3.10. The lowest BCUT2D eigenvalue weighted by molar-refractivity contribution is 1.14. The second-order valence-electron chi connectivity index (χ2n) is 4.41. The fourth-order valence-corrected chi connectivity index (χ4v) is 2.31. The zero-order valence-corrected chi connectivity index (χ0v) is 11.4. The Kier molecular flexibility index (Phi) is 3.18. The Morgan fingerprint density at radius 3 is 2.53 bits per heavy atom. The Bertz CT molecular complexity index is 723. The summed E-state index contributed by atoms with van der Waals surface area (Å²) in [6.45, 7) is 2.12. The highest BCUT2D eigenvalue weighted by molar-refractivity contribution is 6.34. The molecule has 19 heavy (non-hydrogen) atoms. The smallest absolute Gasteiger partial charge is 0.161 e. The second kappa shape index (κ2) is 4.98. The van der Waals surface area contributed by atoms with E-state index in [1.54, 1.807) is 0 Å². The molecule has 0 aliphatic rings. The van der Waals surface area contributed by atoms with E-state index in [0.717, 1.165) is 22.9 Å². The molecule has 2 nitrogen and oxygen atoms in total. The lowest BCUT2D eigenvalue weighted by atomic mass is 10.1. The van der Waals surface area contributed by atoms with Crippen LogP contribution in [0.4, 0.5) is 0 Å². The molecule has 1 heterocycles. The van der Waals surface area contributed by atoms with Crippen LogP contribution in [-0.2, 0) is 6.42 Å². The van der Waals surface area contributed by atoms with Gasteiger partial charge in [-0.1, -0.05) is 54.9 Å². The Balaban J connectivity index is 2.20. The largest absolute Gasteiger partial charge is 0.228 e. The van der Waals surface area contributed by atoms with Gasteiger partial charge in [0, 0.05) is 10.9 Å². The van der Waals surface area contributed by atoms with E-state index in [4.69, 9.17) is 11.6 Å². The summed E-state index contributed by atoms with van der Waals surface area (Å²) in [6, 6.07) is 16.0. The maximum Gasteiger partial charge on any atom is 0.161 e. The van der Waals surface area contributed by atoms with Crippen LogP contribution in [0.15, 0.2) is 48.5 Å². The van der Waals surface area contributed by atoms with E-state index in [1.165, 1.54) is 5.56 Å². The highest BCUT2D eigenvalue weighted by atomic mass is 35.5. The van der Waals surface area contributed by atoms with Crippen LogP contribution in [0, 0.1) is 0 Å². The summed E-state index contributed by atoms with van der Waals surface area (Å²) in [4.78, 5) is 8.99. The van der Waals surface area contributed by atoms with Gasteiger partial charge in [-0.3, -0.25) is 0 Å². The standard InChI is InChI=1S/C16H13ClN2/c1-2-11-8-9-14-13(10-11)15(17)19-16(18-14)12-6-4-3-5-7-12/h3-10H,2H2,1H3. The summed E-state index contributed by atoms with van der Waals surface area (Å²) in [7, 11) is 0. The third-order valence-corrected chi connectivity index (χ3v) is 3.44. The van der Waals surface area contributed by atoms with E-state index >= 15 is 0 Å². The number of benzene rings is 2. The summed E-state index contributed by atoms with van der Waals surface area (Å²) in [6.07, 6.45) is 0.979. The fourth-order valence-electron chi connectivity index (χ4n) is 2.07. The number of fused-ring (bicyclic) bond motifs is 1. The molecule has 0 atom stereocenters. The van der Waals surface area contributed by atoms with Crippen molar-refractivity contribution in [2.75, 3.05) is 0 Å². The van der Waals surface area contributed by atoms with Gasteiger partial charge in [0.05, 0.1) is 5.52 Å². The van der Waals surface area contributed by atoms with Crippen molar-refractivity contribution in [1.82, 2.24) is 9.97 Å². The van der Waals surface area contributed by atoms with E-state index in [2.05, 4.69) is 29.0 Å². The van der Waals surface area contributed by atoms with E-state index in [9.17, 15) is 0 Å². The Morgan fingerprint density at radius 1 is 1.00 bits per heavy atom. The molecule has 0 N–H and O–H groups in total. The van der Waals surface area contributed by atoms with Gasteiger partial charge in [0.15, 0.2) is 5.82 Å². The van der Waals surface area contributed by atoms with Crippen LogP contribution < -0.4 is 0 Å². The topological polar surface area (TPSA) is 25.8 Å². The minimum atomic E-state index is 0.513. The summed E-state index contributed by atoms with van der Waals surface area (Å²) >= 11 is 6.29. The molecule has 0 saturated heterocycles. The average molecular weight is 269 g/mol. The third kappa shape index (κ3) is 2.32. The van der Waals surface area contributed by atoms with Gasteiger partial charge in [0.2, 0.25) is 0 Å². The normalized spacial score (nSPS) is 10.8.